The Morgan fingerprint density at radius 1 is 1.44 bits per heavy atom. The van der Waals surface area contributed by atoms with E-state index in [1.165, 1.54) is 11.3 Å². The summed E-state index contributed by atoms with van der Waals surface area (Å²) in [5, 5.41) is 13.0. The lowest BCUT2D eigenvalue weighted by atomic mass is 10.2. The number of aliphatic hydroxyl groups excluding tert-OH is 1. The number of thiophene rings is 1. The molecule has 2 heterocycles. The number of carbonyl (C=O) groups excluding carboxylic acids is 1. The van der Waals surface area contributed by atoms with E-state index in [1.807, 2.05) is 0 Å². The van der Waals surface area contributed by atoms with Gasteiger partial charge in [0.15, 0.2) is 0 Å². The van der Waals surface area contributed by atoms with Crippen LogP contribution in [0.1, 0.15) is 15.2 Å². The fraction of sp³-hybridized carbons (Fsp3) is 0.0833. The van der Waals surface area contributed by atoms with E-state index < -0.39 is 0 Å². The predicted molar refractivity (Wildman–Crippen MR) is 68.3 cm³/mol. The second-order valence-corrected chi connectivity index (χ2v) is 4.07. The van der Waals surface area contributed by atoms with Crippen molar-refractivity contribution in [2.45, 2.75) is 0 Å². The van der Waals surface area contributed by atoms with Crippen LogP contribution in [-0.2, 0) is 0 Å². The first-order chi connectivity index (χ1) is 8.81. The van der Waals surface area contributed by atoms with Gasteiger partial charge in [-0.2, -0.15) is 0 Å². The van der Waals surface area contributed by atoms with Crippen LogP contribution < -0.4 is 5.32 Å². The quantitative estimate of drug-likeness (QED) is 0.793. The van der Waals surface area contributed by atoms with E-state index in [2.05, 4.69) is 27.1 Å². The van der Waals surface area contributed by atoms with Crippen LogP contribution in [0.3, 0.4) is 0 Å². The first-order valence-electron chi connectivity index (χ1n) is 5.07. The predicted octanol–water partition coefficient (Wildman–Crippen LogP) is 1.13. The second-order valence-electron chi connectivity index (χ2n) is 3.15. The number of carbonyl (C=O) groups is 1. The Bertz CT molecular complexity index is 599. The zero-order valence-electron chi connectivity index (χ0n) is 9.25. The van der Waals surface area contributed by atoms with Crippen LogP contribution in [0.25, 0.3) is 0 Å². The summed E-state index contributed by atoms with van der Waals surface area (Å²) >= 11 is 1.28. The minimum atomic E-state index is -0.307. The highest BCUT2D eigenvalue weighted by atomic mass is 32.1. The molecular formula is C12H9N3O2S. The Kier molecular flexibility index (Phi) is 4.02. The summed E-state index contributed by atoms with van der Waals surface area (Å²) in [5.41, 5.74) is 0.586. The van der Waals surface area contributed by atoms with Gasteiger partial charge in [-0.15, -0.1) is 11.3 Å². The van der Waals surface area contributed by atoms with Crippen molar-refractivity contribution in [3.63, 3.8) is 0 Å². The summed E-state index contributed by atoms with van der Waals surface area (Å²) < 4.78 is 0. The fourth-order valence-corrected chi connectivity index (χ4v) is 1.98. The lowest BCUT2D eigenvalue weighted by Crippen LogP contribution is -2.13. The molecule has 0 saturated carbocycles. The Labute approximate surface area is 108 Å². The molecule has 90 valence electrons. The molecule has 0 fully saturated rings. The van der Waals surface area contributed by atoms with Crippen molar-refractivity contribution in [1.29, 1.82) is 0 Å². The Hall–Kier alpha value is -2.23. The number of aliphatic hydroxyl groups is 1. The molecular weight excluding hydrogens is 250 g/mol. The van der Waals surface area contributed by atoms with Crippen LogP contribution in [0.2, 0.25) is 0 Å². The fourth-order valence-electron chi connectivity index (χ4n) is 1.24. The molecule has 18 heavy (non-hydrogen) atoms. The summed E-state index contributed by atoms with van der Waals surface area (Å²) in [6.07, 6.45) is 3.09. The van der Waals surface area contributed by atoms with Gasteiger partial charge in [0.05, 0.1) is 0 Å². The zero-order chi connectivity index (χ0) is 12.8. The number of anilines is 1. The van der Waals surface area contributed by atoms with Crippen molar-refractivity contribution in [3.05, 3.63) is 40.3 Å². The van der Waals surface area contributed by atoms with E-state index in [4.69, 9.17) is 5.11 Å². The van der Waals surface area contributed by atoms with Gasteiger partial charge in [-0.05, 0) is 17.5 Å². The van der Waals surface area contributed by atoms with Gasteiger partial charge in [0.25, 0.3) is 5.91 Å². The van der Waals surface area contributed by atoms with E-state index in [0.717, 1.165) is 0 Å². The van der Waals surface area contributed by atoms with Crippen molar-refractivity contribution in [2.24, 2.45) is 0 Å². The highest BCUT2D eigenvalue weighted by Crippen LogP contribution is 2.16. The van der Waals surface area contributed by atoms with Gasteiger partial charge in [0.1, 0.15) is 11.5 Å². The van der Waals surface area contributed by atoms with E-state index in [-0.39, 0.29) is 18.5 Å². The number of aromatic nitrogens is 2. The molecule has 0 unspecified atom stereocenters. The maximum absolute atomic E-state index is 11.9. The highest BCUT2D eigenvalue weighted by Gasteiger charge is 2.12. The second kappa shape index (κ2) is 5.91. The van der Waals surface area contributed by atoms with Crippen molar-refractivity contribution in [2.75, 3.05) is 11.9 Å². The molecule has 2 N–H and O–H groups in total. The molecule has 0 atom stereocenters. The minimum Gasteiger partial charge on any atom is -0.384 e. The maximum Gasteiger partial charge on any atom is 0.269 e. The summed E-state index contributed by atoms with van der Waals surface area (Å²) in [6.45, 7) is -0.237. The topological polar surface area (TPSA) is 75.1 Å². The zero-order valence-corrected chi connectivity index (χ0v) is 10.1. The molecule has 1 amide bonds. The molecule has 2 aromatic rings. The van der Waals surface area contributed by atoms with Crippen LogP contribution in [0.15, 0.2) is 29.9 Å². The average Bonchev–Trinajstić information content (AvgIpc) is 2.86. The summed E-state index contributed by atoms with van der Waals surface area (Å²) in [5.74, 6) is 5.17. The summed E-state index contributed by atoms with van der Waals surface area (Å²) in [4.78, 5) is 20.2. The van der Waals surface area contributed by atoms with Gasteiger partial charge >= 0.3 is 0 Å². The molecule has 0 aliphatic heterocycles. The smallest absolute Gasteiger partial charge is 0.269 e. The maximum atomic E-state index is 11.9. The third-order valence-corrected chi connectivity index (χ3v) is 2.88. The van der Waals surface area contributed by atoms with Crippen LogP contribution >= 0.6 is 11.3 Å². The molecule has 2 aromatic heterocycles. The number of nitrogens with zero attached hydrogens (tertiary/aromatic N) is 2. The monoisotopic (exact) mass is 259 g/mol. The average molecular weight is 259 g/mol. The lowest BCUT2D eigenvalue weighted by molar-refractivity contribution is 0.102. The van der Waals surface area contributed by atoms with E-state index in [0.29, 0.717) is 10.4 Å². The number of rotatable bonds is 2. The molecule has 0 aliphatic carbocycles. The van der Waals surface area contributed by atoms with Crippen LogP contribution in [0, 0.1) is 11.8 Å². The van der Waals surface area contributed by atoms with E-state index in [9.17, 15) is 4.79 Å². The number of amides is 1. The highest BCUT2D eigenvalue weighted by molar-refractivity contribution is 7.12. The third-order valence-electron chi connectivity index (χ3n) is 1.96. The normalized spacial score (nSPS) is 9.39. The van der Waals surface area contributed by atoms with Gasteiger partial charge in [0, 0.05) is 18.0 Å². The van der Waals surface area contributed by atoms with E-state index in [1.54, 1.807) is 29.9 Å². The first-order valence-corrected chi connectivity index (χ1v) is 5.95. The van der Waals surface area contributed by atoms with Gasteiger partial charge in [-0.1, -0.05) is 11.8 Å². The Balaban J connectivity index is 2.17. The summed E-state index contributed by atoms with van der Waals surface area (Å²) in [7, 11) is 0. The van der Waals surface area contributed by atoms with Gasteiger partial charge in [-0.25, -0.2) is 9.97 Å². The lowest BCUT2D eigenvalue weighted by Gasteiger charge is -2.01. The molecule has 0 aromatic carbocycles. The van der Waals surface area contributed by atoms with Crippen molar-refractivity contribution in [1.82, 2.24) is 9.97 Å². The van der Waals surface area contributed by atoms with Crippen LogP contribution in [0.4, 0.5) is 5.95 Å². The molecule has 0 spiro atoms. The van der Waals surface area contributed by atoms with Gasteiger partial charge < -0.3 is 5.11 Å². The SMILES string of the molecule is O=C(Nc1ncccn1)c1sccc1C#CCO. The molecule has 0 saturated heterocycles. The van der Waals surface area contributed by atoms with Crippen molar-refractivity contribution in [3.8, 4) is 11.8 Å². The van der Waals surface area contributed by atoms with Crippen LogP contribution in [0.5, 0.6) is 0 Å². The molecule has 0 aliphatic rings. The molecule has 0 bridgehead atoms. The Morgan fingerprint density at radius 2 is 2.22 bits per heavy atom. The molecule has 0 radical (unpaired) electrons. The van der Waals surface area contributed by atoms with Crippen molar-refractivity contribution >= 4 is 23.2 Å². The third kappa shape index (κ3) is 2.91. The minimum absolute atomic E-state index is 0.237. The Morgan fingerprint density at radius 3 is 2.94 bits per heavy atom. The largest absolute Gasteiger partial charge is 0.384 e. The van der Waals surface area contributed by atoms with Gasteiger partial charge in [0.2, 0.25) is 5.95 Å². The number of nitrogens with one attached hydrogen (secondary N) is 1. The molecule has 2 rings (SSSR count). The standard InChI is InChI=1S/C12H9N3O2S/c16-7-1-3-9-4-8-18-10(9)11(17)15-12-13-5-2-6-14-12/h2,4-6,8,16H,7H2,(H,13,14,15,17). The summed E-state index contributed by atoms with van der Waals surface area (Å²) in [6, 6.07) is 3.40. The molecule has 6 heteroatoms. The van der Waals surface area contributed by atoms with E-state index >= 15 is 0 Å². The number of hydrogen-bond donors (Lipinski definition) is 2. The molecule has 5 nitrogen and oxygen atoms in total. The first kappa shape index (κ1) is 12.2. The van der Waals surface area contributed by atoms with Crippen LogP contribution in [-0.4, -0.2) is 27.6 Å². The number of hydrogen-bond acceptors (Lipinski definition) is 5. The van der Waals surface area contributed by atoms with Crippen molar-refractivity contribution < 1.29 is 9.90 Å². The van der Waals surface area contributed by atoms with Gasteiger partial charge in [-0.3, -0.25) is 10.1 Å².